The molecule has 0 radical (unpaired) electrons. The fraction of sp³-hybridized carbons (Fsp3) is 0.242. The van der Waals surface area contributed by atoms with E-state index in [4.69, 9.17) is 9.47 Å². The van der Waals surface area contributed by atoms with Gasteiger partial charge in [0.15, 0.2) is 0 Å². The zero-order valence-electron chi connectivity index (χ0n) is 23.7. The number of fused-ring (bicyclic) bond motifs is 4. The van der Waals surface area contributed by atoms with Crippen molar-refractivity contribution in [2.45, 2.75) is 32.3 Å². The second-order valence-corrected chi connectivity index (χ2v) is 11.1. The van der Waals surface area contributed by atoms with Crippen molar-refractivity contribution < 1.29 is 24.2 Å². The highest BCUT2D eigenvalue weighted by atomic mass is 16.5. The number of pyridine rings is 1. The first-order valence-corrected chi connectivity index (χ1v) is 13.9. The summed E-state index contributed by atoms with van der Waals surface area (Å²) in [4.78, 5) is 35.7. The lowest BCUT2D eigenvalue weighted by Crippen LogP contribution is -2.29. The van der Waals surface area contributed by atoms with Gasteiger partial charge in [-0.2, -0.15) is 0 Å². The molecular formula is C33H32N4O5. The highest BCUT2D eigenvalue weighted by Gasteiger charge is 2.29. The van der Waals surface area contributed by atoms with Crippen LogP contribution in [0, 0.1) is 0 Å². The third-order valence-electron chi connectivity index (χ3n) is 7.61. The molecule has 0 fully saturated rings. The lowest BCUT2D eigenvalue weighted by molar-refractivity contribution is 0.0630. The molecule has 9 nitrogen and oxygen atoms in total. The summed E-state index contributed by atoms with van der Waals surface area (Å²) in [6.07, 6.45) is 2.99. The number of aromatic nitrogens is 2. The number of phenols is 1. The summed E-state index contributed by atoms with van der Waals surface area (Å²) in [7, 11) is 1.66. The average Bonchev–Trinajstić information content (AvgIpc) is 3.60. The number of nitrogens with zero attached hydrogens (tertiary/aromatic N) is 2. The Balaban J connectivity index is 1.16. The van der Waals surface area contributed by atoms with Crippen molar-refractivity contribution in [3.05, 3.63) is 89.7 Å². The third-order valence-corrected chi connectivity index (χ3v) is 7.61. The van der Waals surface area contributed by atoms with Crippen LogP contribution in [0.25, 0.3) is 21.8 Å². The van der Waals surface area contributed by atoms with E-state index in [9.17, 15) is 14.7 Å². The quantitative estimate of drug-likeness (QED) is 0.211. The molecule has 214 valence electrons. The van der Waals surface area contributed by atoms with E-state index in [1.54, 1.807) is 60.7 Å². The highest BCUT2D eigenvalue weighted by molar-refractivity contribution is 6.11. The molecule has 0 aliphatic carbocycles. The van der Waals surface area contributed by atoms with Crippen LogP contribution >= 0.6 is 0 Å². The van der Waals surface area contributed by atoms with Gasteiger partial charge in [-0.05, 0) is 67.6 Å². The van der Waals surface area contributed by atoms with Gasteiger partial charge in [0.25, 0.3) is 11.8 Å². The molecule has 9 heteroatoms. The van der Waals surface area contributed by atoms with E-state index in [0.717, 1.165) is 22.8 Å². The number of hydrogen-bond donors (Lipinski definition) is 3. The monoisotopic (exact) mass is 564 g/mol. The van der Waals surface area contributed by atoms with Crippen LogP contribution in [0.4, 0.5) is 11.4 Å². The molecule has 3 heterocycles. The Morgan fingerprint density at radius 3 is 2.60 bits per heavy atom. The van der Waals surface area contributed by atoms with Crippen LogP contribution in [0.15, 0.2) is 72.9 Å². The van der Waals surface area contributed by atoms with Crippen LogP contribution in [0.5, 0.6) is 11.5 Å². The van der Waals surface area contributed by atoms with E-state index >= 15 is 0 Å². The molecular weight excluding hydrogens is 532 g/mol. The molecule has 5 aromatic rings. The number of methoxy groups -OCH3 is 1. The minimum Gasteiger partial charge on any atom is -0.507 e. The molecule has 6 rings (SSSR count). The number of anilines is 2. The van der Waals surface area contributed by atoms with Gasteiger partial charge in [-0.1, -0.05) is 24.3 Å². The fourth-order valence-corrected chi connectivity index (χ4v) is 5.40. The van der Waals surface area contributed by atoms with E-state index in [-0.39, 0.29) is 17.6 Å². The standard InChI is InChI=1S/C33H32N4O5/c1-33(2,13-15-41-3)42-23-10-8-20(9-11-23)31(39)35-22-16-21-17-27(36-30(21)34-19-22)32(40)37-14-12-25-24-6-4-5-7-26(24)29(38)18-28(25)37/h4-11,16-19,38H,12-15H2,1-3H3,(H,34,36)(H,35,39). The smallest absolute Gasteiger partial charge is 0.274 e. The SMILES string of the molecule is COCCC(C)(C)Oc1ccc(C(=O)Nc2cnc3[nH]c(C(=O)N4CCc5c4cc(O)c4ccccc54)cc3c2)cc1. The molecule has 3 aromatic carbocycles. The van der Waals surface area contributed by atoms with Crippen LogP contribution in [-0.2, 0) is 11.2 Å². The summed E-state index contributed by atoms with van der Waals surface area (Å²) < 4.78 is 11.2. The molecule has 42 heavy (non-hydrogen) atoms. The predicted molar refractivity (Wildman–Crippen MR) is 163 cm³/mol. The van der Waals surface area contributed by atoms with Gasteiger partial charge in [-0.25, -0.2) is 4.98 Å². The number of nitrogens with one attached hydrogen (secondary N) is 2. The van der Waals surface area contributed by atoms with Gasteiger partial charge >= 0.3 is 0 Å². The lowest BCUT2D eigenvalue weighted by atomic mass is 10.0. The minimum absolute atomic E-state index is 0.149. The molecule has 0 atom stereocenters. The molecule has 1 aliphatic heterocycles. The summed E-state index contributed by atoms with van der Waals surface area (Å²) in [5.74, 6) is 0.328. The Kier molecular flexibility index (Phi) is 7.04. The second kappa shape index (κ2) is 10.8. The number of benzene rings is 3. The average molecular weight is 565 g/mol. The fourth-order valence-electron chi connectivity index (χ4n) is 5.40. The van der Waals surface area contributed by atoms with Crippen molar-refractivity contribution in [3.8, 4) is 11.5 Å². The number of ether oxygens (including phenoxy) is 2. The van der Waals surface area contributed by atoms with Crippen molar-refractivity contribution in [1.82, 2.24) is 9.97 Å². The summed E-state index contributed by atoms with van der Waals surface area (Å²) >= 11 is 0. The predicted octanol–water partition coefficient (Wildman–Crippen LogP) is 6.07. The third kappa shape index (κ3) is 5.26. The van der Waals surface area contributed by atoms with E-state index in [1.165, 1.54) is 0 Å². The van der Waals surface area contributed by atoms with Gasteiger partial charge in [-0.3, -0.25) is 9.59 Å². The van der Waals surface area contributed by atoms with Crippen molar-refractivity contribution in [2.24, 2.45) is 0 Å². The van der Waals surface area contributed by atoms with Gasteiger partial charge in [-0.15, -0.1) is 0 Å². The topological polar surface area (TPSA) is 117 Å². The maximum absolute atomic E-state index is 13.5. The van der Waals surface area contributed by atoms with Gasteiger partial charge in [0.1, 0.15) is 28.4 Å². The molecule has 0 saturated carbocycles. The second-order valence-electron chi connectivity index (χ2n) is 11.1. The lowest BCUT2D eigenvalue weighted by Gasteiger charge is -2.26. The maximum Gasteiger partial charge on any atom is 0.274 e. The molecule has 0 saturated heterocycles. The summed E-state index contributed by atoms with van der Waals surface area (Å²) in [5.41, 5.74) is 3.27. The first-order chi connectivity index (χ1) is 20.2. The minimum atomic E-state index is -0.397. The number of carbonyl (C=O) groups excluding carboxylic acids is 2. The number of aromatic amines is 1. The number of H-pyrrole nitrogens is 1. The molecule has 0 bridgehead atoms. The Morgan fingerprint density at radius 1 is 1.07 bits per heavy atom. The number of hydrogen-bond acceptors (Lipinski definition) is 6. The number of amides is 2. The molecule has 3 N–H and O–H groups in total. The Bertz CT molecular complexity index is 1810. The van der Waals surface area contributed by atoms with Crippen LogP contribution in [0.1, 0.15) is 46.7 Å². The van der Waals surface area contributed by atoms with Crippen LogP contribution in [-0.4, -0.2) is 52.8 Å². The summed E-state index contributed by atoms with van der Waals surface area (Å²) in [5, 5.41) is 15.9. The molecule has 0 unspecified atom stereocenters. The Hall–Kier alpha value is -4.89. The molecule has 2 aromatic heterocycles. The van der Waals surface area contributed by atoms with Crippen LogP contribution in [0.3, 0.4) is 0 Å². The van der Waals surface area contributed by atoms with Crippen LogP contribution < -0.4 is 15.0 Å². The van der Waals surface area contributed by atoms with Crippen molar-refractivity contribution >= 4 is 45.0 Å². The van der Waals surface area contributed by atoms with Crippen LogP contribution in [0.2, 0.25) is 0 Å². The van der Waals surface area contributed by atoms with Crippen molar-refractivity contribution in [3.63, 3.8) is 0 Å². The maximum atomic E-state index is 13.5. The normalized spacial score (nSPS) is 13.0. The van der Waals surface area contributed by atoms with Crippen molar-refractivity contribution in [1.29, 1.82) is 0 Å². The van der Waals surface area contributed by atoms with Crippen molar-refractivity contribution in [2.75, 3.05) is 30.5 Å². The Labute approximate surface area is 243 Å². The number of rotatable bonds is 8. The first kappa shape index (κ1) is 27.3. The van der Waals surface area contributed by atoms with E-state index in [0.29, 0.717) is 59.0 Å². The summed E-state index contributed by atoms with van der Waals surface area (Å²) in [6.45, 7) is 5.09. The van der Waals surface area contributed by atoms with E-state index < -0.39 is 5.60 Å². The zero-order chi connectivity index (χ0) is 29.4. The molecule has 2 amide bonds. The Morgan fingerprint density at radius 2 is 1.83 bits per heavy atom. The van der Waals surface area contributed by atoms with Gasteiger partial charge in [0, 0.05) is 49.1 Å². The zero-order valence-corrected chi connectivity index (χ0v) is 23.7. The van der Waals surface area contributed by atoms with E-state index in [1.807, 2.05) is 38.1 Å². The largest absolute Gasteiger partial charge is 0.507 e. The molecule has 1 aliphatic rings. The van der Waals surface area contributed by atoms with Gasteiger partial charge in [0.2, 0.25) is 0 Å². The first-order valence-electron chi connectivity index (χ1n) is 13.9. The molecule has 0 spiro atoms. The number of aromatic hydroxyl groups is 1. The number of carbonyl (C=O) groups is 2. The summed E-state index contributed by atoms with van der Waals surface area (Å²) in [6, 6.07) is 19.8. The number of phenolic OH excluding ortho intramolecular Hbond substituents is 1. The van der Waals surface area contributed by atoms with Gasteiger partial charge in [0.05, 0.1) is 17.6 Å². The van der Waals surface area contributed by atoms with E-state index in [2.05, 4.69) is 15.3 Å². The highest BCUT2D eigenvalue weighted by Crippen LogP contribution is 2.40. The van der Waals surface area contributed by atoms with Gasteiger partial charge < -0.3 is 29.8 Å².